The largest absolute Gasteiger partial charge is 0.462 e. The van der Waals surface area contributed by atoms with Crippen molar-refractivity contribution < 1.29 is 86.6 Å². The van der Waals surface area contributed by atoms with E-state index in [0.717, 1.165) is 55.4 Å². The molecular weight excluding hydrogens is 652 g/mol. The summed E-state index contributed by atoms with van der Waals surface area (Å²) < 4.78 is 29.0. The Morgan fingerprint density at radius 3 is 0.958 bits per heavy atom. The Bertz CT molecular complexity index is 1070. The summed E-state index contributed by atoms with van der Waals surface area (Å²) in [6.07, 6.45) is -8.85. The number of hydrogen-bond acceptors (Lipinski definition) is 18. The lowest BCUT2D eigenvalue weighted by Crippen LogP contribution is -2.55. The second kappa shape index (κ2) is 23.4. The van der Waals surface area contributed by atoms with Gasteiger partial charge in [-0.1, -0.05) is 0 Å². The number of rotatable bonds is 18. The highest BCUT2D eigenvalue weighted by Crippen LogP contribution is 2.15. The highest BCUT2D eigenvalue weighted by atomic mass is 16.6. The number of amides is 2. The Morgan fingerprint density at radius 1 is 0.500 bits per heavy atom. The number of carbonyl (C=O) groups is 10. The first-order valence-electron chi connectivity index (χ1n) is 13.9. The molecule has 0 heterocycles. The summed E-state index contributed by atoms with van der Waals surface area (Å²) in [5, 5.41) is 24.8. The molecule has 48 heavy (non-hydrogen) atoms. The molecule has 0 aromatic carbocycles. The standard InChI is InChI=1S/2C14H21NO9/c2*1-7(17)15-11(5-16)13(21)14(24-10(4)20)12(23-9(3)19)6-22-8(2)18/h2*5,11-14,21H,6H2,1-4H3,(H,15,17)/t11-,12+,13+,14+;11-,12+,13+,14-/m00/s1. The van der Waals surface area contributed by atoms with Gasteiger partial charge in [0.1, 0.15) is 50.1 Å². The molecule has 2 amide bonds. The zero-order valence-electron chi connectivity index (χ0n) is 27.6. The van der Waals surface area contributed by atoms with Crippen molar-refractivity contribution in [1.82, 2.24) is 10.6 Å². The second-order valence-electron chi connectivity index (χ2n) is 9.76. The highest BCUT2D eigenvalue weighted by Gasteiger charge is 2.40. The third-order valence-electron chi connectivity index (χ3n) is 5.32. The summed E-state index contributed by atoms with van der Waals surface area (Å²) in [5.74, 6) is -5.89. The van der Waals surface area contributed by atoms with Crippen LogP contribution in [0.5, 0.6) is 0 Å². The zero-order chi connectivity index (χ0) is 37.7. The Balaban J connectivity index is 0. The molecule has 20 nitrogen and oxygen atoms in total. The van der Waals surface area contributed by atoms with Gasteiger partial charge in [0, 0.05) is 55.4 Å². The summed E-state index contributed by atoms with van der Waals surface area (Å²) >= 11 is 0. The molecule has 0 rings (SSSR count). The number of aliphatic hydroxyl groups is 2. The van der Waals surface area contributed by atoms with E-state index in [1.54, 1.807) is 0 Å². The molecule has 272 valence electrons. The van der Waals surface area contributed by atoms with Gasteiger partial charge in [0.2, 0.25) is 11.8 Å². The lowest BCUT2D eigenvalue weighted by Gasteiger charge is -2.31. The van der Waals surface area contributed by atoms with Gasteiger partial charge in [-0.15, -0.1) is 0 Å². The molecule has 0 aromatic rings. The fourth-order valence-corrected chi connectivity index (χ4v) is 3.61. The molecule has 0 radical (unpaired) electrons. The van der Waals surface area contributed by atoms with Crippen molar-refractivity contribution in [3.8, 4) is 0 Å². The van der Waals surface area contributed by atoms with Gasteiger partial charge in [-0.25, -0.2) is 0 Å². The van der Waals surface area contributed by atoms with E-state index in [1.807, 2.05) is 0 Å². The van der Waals surface area contributed by atoms with Crippen LogP contribution < -0.4 is 10.6 Å². The minimum absolute atomic E-state index is 0.235. The maximum atomic E-state index is 11.3. The van der Waals surface area contributed by atoms with Crippen LogP contribution in [0.25, 0.3) is 0 Å². The first kappa shape index (κ1) is 45.1. The van der Waals surface area contributed by atoms with Gasteiger partial charge < -0.3 is 58.9 Å². The first-order chi connectivity index (χ1) is 22.2. The van der Waals surface area contributed by atoms with Crippen molar-refractivity contribution >= 4 is 60.2 Å². The van der Waals surface area contributed by atoms with Crippen LogP contribution >= 0.6 is 0 Å². The van der Waals surface area contributed by atoms with Gasteiger partial charge in [-0.2, -0.15) is 0 Å². The topological polar surface area (TPSA) is 291 Å². The molecule has 0 aliphatic carbocycles. The van der Waals surface area contributed by atoms with Gasteiger partial charge in [-0.3, -0.25) is 38.4 Å². The van der Waals surface area contributed by atoms with E-state index in [2.05, 4.69) is 10.6 Å². The number of ether oxygens (including phenoxy) is 6. The average Bonchev–Trinajstić information content (AvgIpc) is 2.95. The minimum atomic E-state index is -1.74. The molecule has 20 heteroatoms. The monoisotopic (exact) mass is 694 g/mol. The average molecular weight is 695 g/mol. The summed E-state index contributed by atoms with van der Waals surface area (Å²) in [6.45, 7) is 7.59. The molecule has 0 unspecified atom stereocenters. The molecule has 0 bridgehead atoms. The van der Waals surface area contributed by atoms with E-state index in [9.17, 15) is 58.2 Å². The molecule has 0 spiro atoms. The number of aliphatic hydroxyl groups excluding tert-OH is 2. The second-order valence-corrected chi connectivity index (χ2v) is 9.76. The predicted molar refractivity (Wildman–Crippen MR) is 155 cm³/mol. The Morgan fingerprint density at radius 2 is 0.771 bits per heavy atom. The van der Waals surface area contributed by atoms with Crippen LogP contribution in [0.15, 0.2) is 0 Å². The van der Waals surface area contributed by atoms with E-state index in [-0.39, 0.29) is 12.6 Å². The normalized spacial score (nSPS) is 15.2. The molecular formula is C28H42N2O18. The first-order valence-corrected chi connectivity index (χ1v) is 13.9. The molecule has 0 aliphatic heterocycles. The van der Waals surface area contributed by atoms with Gasteiger partial charge in [0.25, 0.3) is 0 Å². The number of carbonyl (C=O) groups excluding carboxylic acids is 10. The van der Waals surface area contributed by atoms with Crippen molar-refractivity contribution in [1.29, 1.82) is 0 Å². The van der Waals surface area contributed by atoms with E-state index in [1.165, 1.54) is 0 Å². The summed E-state index contributed by atoms with van der Waals surface area (Å²) in [7, 11) is 0. The SMILES string of the molecule is CC(=O)N[C@@H](C=O)[C@@H](O)[C@@H](OC(C)=O)[C@@H](COC(C)=O)OC(C)=O.CC(=O)N[C@@H](C=O)[C@@H](O)[C@H](OC(C)=O)[C@@H](COC(C)=O)OC(C)=O. The van der Waals surface area contributed by atoms with Gasteiger partial charge in [0.05, 0.1) is 0 Å². The van der Waals surface area contributed by atoms with Crippen molar-refractivity contribution in [3.05, 3.63) is 0 Å². The lowest BCUT2D eigenvalue weighted by atomic mass is 10.0. The molecule has 8 atom stereocenters. The number of hydrogen-bond donors (Lipinski definition) is 4. The number of nitrogens with one attached hydrogen (secondary N) is 2. The van der Waals surface area contributed by atoms with Gasteiger partial charge in [0.15, 0.2) is 24.4 Å². The van der Waals surface area contributed by atoms with E-state index < -0.39 is 110 Å². The fourth-order valence-electron chi connectivity index (χ4n) is 3.61. The van der Waals surface area contributed by atoms with Crippen LogP contribution in [0.1, 0.15) is 55.4 Å². The van der Waals surface area contributed by atoms with Crippen LogP contribution in [-0.2, 0) is 76.4 Å². The smallest absolute Gasteiger partial charge is 0.303 e. The zero-order valence-corrected chi connectivity index (χ0v) is 27.6. The Kier molecular flexibility index (Phi) is 22.0. The molecule has 0 aromatic heterocycles. The quantitative estimate of drug-likeness (QED) is 0.0629. The predicted octanol–water partition coefficient (Wildman–Crippen LogP) is -3.05. The maximum absolute atomic E-state index is 11.3. The molecule has 4 N–H and O–H groups in total. The van der Waals surface area contributed by atoms with Crippen LogP contribution in [0.4, 0.5) is 0 Å². The molecule has 0 saturated heterocycles. The van der Waals surface area contributed by atoms with Crippen LogP contribution in [-0.4, -0.2) is 132 Å². The molecule has 0 saturated carbocycles. The van der Waals surface area contributed by atoms with Crippen LogP contribution in [0.2, 0.25) is 0 Å². The van der Waals surface area contributed by atoms with Gasteiger partial charge in [-0.05, 0) is 0 Å². The van der Waals surface area contributed by atoms with Crippen molar-refractivity contribution in [2.45, 2.75) is 104 Å². The highest BCUT2D eigenvalue weighted by molar-refractivity contribution is 5.78. The Labute approximate surface area is 275 Å². The summed E-state index contributed by atoms with van der Waals surface area (Å²) in [5.41, 5.74) is 0. The number of esters is 6. The summed E-state index contributed by atoms with van der Waals surface area (Å²) in [6, 6.07) is -2.86. The molecule has 0 aliphatic rings. The van der Waals surface area contributed by atoms with Gasteiger partial charge >= 0.3 is 35.8 Å². The third-order valence-corrected chi connectivity index (χ3v) is 5.32. The van der Waals surface area contributed by atoms with Crippen LogP contribution in [0, 0.1) is 0 Å². The van der Waals surface area contributed by atoms with E-state index in [0.29, 0.717) is 0 Å². The lowest BCUT2D eigenvalue weighted by molar-refractivity contribution is -0.184. The third kappa shape index (κ3) is 20.2. The van der Waals surface area contributed by atoms with Crippen LogP contribution in [0.3, 0.4) is 0 Å². The van der Waals surface area contributed by atoms with Crippen molar-refractivity contribution in [2.24, 2.45) is 0 Å². The van der Waals surface area contributed by atoms with Crippen molar-refractivity contribution in [3.63, 3.8) is 0 Å². The number of aldehydes is 2. The fraction of sp³-hybridized carbons (Fsp3) is 0.643. The Hall–Kier alpha value is -4.98. The molecule has 0 fully saturated rings. The van der Waals surface area contributed by atoms with Crippen molar-refractivity contribution in [2.75, 3.05) is 13.2 Å². The minimum Gasteiger partial charge on any atom is -0.462 e. The van der Waals surface area contributed by atoms with E-state index >= 15 is 0 Å². The maximum Gasteiger partial charge on any atom is 0.303 e. The van der Waals surface area contributed by atoms with E-state index in [4.69, 9.17) is 28.4 Å². The summed E-state index contributed by atoms with van der Waals surface area (Å²) in [4.78, 5) is 111.